The van der Waals surface area contributed by atoms with Crippen molar-refractivity contribution in [2.75, 3.05) is 18.6 Å². The Balaban J connectivity index is 1.63. The molecule has 1 amide bonds. The Kier molecular flexibility index (Phi) is 4.98. The maximum Gasteiger partial charge on any atom is 0.226 e. The van der Waals surface area contributed by atoms with E-state index in [9.17, 15) is 13.2 Å². The van der Waals surface area contributed by atoms with Gasteiger partial charge in [-0.3, -0.25) is 4.79 Å². The molecule has 0 unspecified atom stereocenters. The minimum Gasteiger partial charge on any atom is -0.378 e. The lowest BCUT2D eigenvalue weighted by atomic mass is 10.2. The van der Waals surface area contributed by atoms with Crippen LogP contribution in [0.1, 0.15) is 5.69 Å². The number of rotatable bonds is 5. The van der Waals surface area contributed by atoms with Gasteiger partial charge < -0.3 is 10.1 Å². The molecule has 1 aromatic carbocycles. The number of nitrogens with one attached hydrogen (secondary N) is 1. The molecule has 8 heteroatoms. The second kappa shape index (κ2) is 7.00. The average Bonchev–Trinajstić information content (AvgIpc) is 3.12. The van der Waals surface area contributed by atoms with Crippen molar-refractivity contribution in [2.24, 2.45) is 0 Å². The molecule has 1 fully saturated rings. The highest BCUT2D eigenvalue weighted by molar-refractivity contribution is 7.91. The number of hydrogen-bond donors (Lipinski definition) is 1. The van der Waals surface area contributed by atoms with Crippen LogP contribution in [0.25, 0.3) is 10.6 Å². The summed E-state index contributed by atoms with van der Waals surface area (Å²) in [6, 6.07) is 9.25. The molecule has 0 aliphatic carbocycles. The third-order valence-electron chi connectivity index (χ3n) is 3.86. The fraction of sp³-hybridized carbons (Fsp3) is 0.375. The number of carbonyl (C=O) groups is 1. The minimum atomic E-state index is -3.16. The first-order valence-electron chi connectivity index (χ1n) is 7.49. The first-order chi connectivity index (χ1) is 11.5. The van der Waals surface area contributed by atoms with Gasteiger partial charge in [0, 0.05) is 18.1 Å². The normalized spacial score (nSPS) is 22.4. The maximum atomic E-state index is 12.2. The van der Waals surface area contributed by atoms with Crippen LogP contribution < -0.4 is 5.32 Å². The van der Waals surface area contributed by atoms with Crippen LogP contribution in [0.15, 0.2) is 35.7 Å². The summed E-state index contributed by atoms with van der Waals surface area (Å²) < 4.78 is 28.5. The number of sulfone groups is 1. The molecule has 128 valence electrons. The van der Waals surface area contributed by atoms with Crippen LogP contribution in [-0.4, -0.2) is 50.1 Å². The third kappa shape index (κ3) is 4.00. The molecule has 1 aromatic heterocycles. The standard InChI is InChI=1S/C16H18N2O4S2/c1-22-14-10-24(20,21)9-13(14)18-15(19)7-12-8-23-16(17-12)11-5-3-2-4-6-11/h2-6,8,13-14H,7,9-10H2,1H3,(H,18,19)/t13-,14-/m1/s1. The molecule has 0 bridgehead atoms. The zero-order valence-electron chi connectivity index (χ0n) is 13.1. The van der Waals surface area contributed by atoms with E-state index in [1.165, 1.54) is 18.4 Å². The molecule has 1 N–H and O–H groups in total. The average molecular weight is 366 g/mol. The molecule has 3 rings (SSSR count). The van der Waals surface area contributed by atoms with Crippen LogP contribution in [0.4, 0.5) is 0 Å². The van der Waals surface area contributed by atoms with Crippen LogP contribution in [0.3, 0.4) is 0 Å². The Labute approximate surface area is 144 Å². The molecule has 2 heterocycles. The molecule has 6 nitrogen and oxygen atoms in total. The van der Waals surface area contributed by atoms with Gasteiger partial charge in [-0.2, -0.15) is 0 Å². The van der Waals surface area contributed by atoms with E-state index in [1.54, 1.807) is 0 Å². The zero-order valence-corrected chi connectivity index (χ0v) is 14.8. The van der Waals surface area contributed by atoms with Gasteiger partial charge in [-0.05, 0) is 0 Å². The monoisotopic (exact) mass is 366 g/mol. The van der Waals surface area contributed by atoms with E-state index in [2.05, 4.69) is 10.3 Å². The number of carbonyl (C=O) groups excluding carboxylic acids is 1. The van der Waals surface area contributed by atoms with Crippen molar-refractivity contribution < 1.29 is 17.9 Å². The first kappa shape index (κ1) is 17.1. The Morgan fingerprint density at radius 2 is 2.08 bits per heavy atom. The lowest BCUT2D eigenvalue weighted by Gasteiger charge is -2.17. The van der Waals surface area contributed by atoms with Crippen LogP contribution in [0.2, 0.25) is 0 Å². The molecule has 0 saturated carbocycles. The van der Waals surface area contributed by atoms with Gasteiger partial charge in [0.25, 0.3) is 0 Å². The summed E-state index contributed by atoms with van der Waals surface area (Å²) in [5, 5.41) is 5.46. The fourth-order valence-corrected chi connectivity index (χ4v) is 5.38. The number of methoxy groups -OCH3 is 1. The summed E-state index contributed by atoms with van der Waals surface area (Å²) in [7, 11) is -1.70. The van der Waals surface area contributed by atoms with Crippen LogP contribution in [0, 0.1) is 0 Å². The minimum absolute atomic E-state index is 0.0523. The van der Waals surface area contributed by atoms with Gasteiger partial charge in [-0.15, -0.1) is 11.3 Å². The van der Waals surface area contributed by atoms with Crippen molar-refractivity contribution in [1.82, 2.24) is 10.3 Å². The van der Waals surface area contributed by atoms with Crippen molar-refractivity contribution in [1.29, 1.82) is 0 Å². The topological polar surface area (TPSA) is 85.4 Å². The third-order valence-corrected chi connectivity index (χ3v) is 6.51. The Morgan fingerprint density at radius 3 is 2.79 bits per heavy atom. The molecule has 2 atom stereocenters. The van der Waals surface area contributed by atoms with Gasteiger partial charge in [0.15, 0.2) is 9.84 Å². The summed E-state index contributed by atoms with van der Waals surface area (Å²) in [6.45, 7) is 0. The number of thiazole rings is 1. The summed E-state index contributed by atoms with van der Waals surface area (Å²) in [4.78, 5) is 16.7. The highest BCUT2D eigenvalue weighted by Gasteiger charge is 2.38. The number of hydrogen-bond acceptors (Lipinski definition) is 6. The fourth-order valence-electron chi connectivity index (χ4n) is 2.71. The highest BCUT2D eigenvalue weighted by Crippen LogP contribution is 2.23. The van der Waals surface area contributed by atoms with E-state index >= 15 is 0 Å². The molecular weight excluding hydrogens is 348 g/mol. The first-order valence-corrected chi connectivity index (χ1v) is 10.2. The van der Waals surface area contributed by atoms with Crippen molar-refractivity contribution in [2.45, 2.75) is 18.6 Å². The second-order valence-corrected chi connectivity index (χ2v) is 8.72. The smallest absolute Gasteiger partial charge is 0.226 e. The molecule has 24 heavy (non-hydrogen) atoms. The summed E-state index contributed by atoms with van der Waals surface area (Å²) in [5.41, 5.74) is 1.68. The number of amides is 1. The van der Waals surface area contributed by atoms with E-state index in [4.69, 9.17) is 4.74 Å². The molecular formula is C16H18N2O4S2. The van der Waals surface area contributed by atoms with Gasteiger partial charge in [0.05, 0.1) is 35.8 Å². The van der Waals surface area contributed by atoms with Gasteiger partial charge in [0.1, 0.15) is 5.01 Å². The molecule has 0 radical (unpaired) electrons. The maximum absolute atomic E-state index is 12.2. The van der Waals surface area contributed by atoms with E-state index < -0.39 is 22.0 Å². The SMILES string of the molecule is CO[C@@H]1CS(=O)(=O)C[C@H]1NC(=O)Cc1csc(-c2ccccc2)n1. The van der Waals surface area contributed by atoms with Crippen LogP contribution in [0.5, 0.6) is 0 Å². The second-order valence-electron chi connectivity index (χ2n) is 5.71. The Bertz CT molecular complexity index is 818. The molecule has 0 spiro atoms. The van der Waals surface area contributed by atoms with Crippen LogP contribution in [-0.2, 0) is 25.8 Å². The lowest BCUT2D eigenvalue weighted by Crippen LogP contribution is -2.44. The van der Waals surface area contributed by atoms with Crippen molar-refractivity contribution in [3.05, 3.63) is 41.4 Å². The number of aromatic nitrogens is 1. The molecule has 1 aliphatic rings. The summed E-state index contributed by atoms with van der Waals surface area (Å²) in [6.07, 6.45) is -0.370. The van der Waals surface area contributed by atoms with E-state index in [-0.39, 0.29) is 23.8 Å². The zero-order chi connectivity index (χ0) is 17.2. The summed E-state index contributed by atoms with van der Waals surface area (Å²) in [5.74, 6) is -0.378. The van der Waals surface area contributed by atoms with Crippen molar-refractivity contribution >= 4 is 27.1 Å². The quantitative estimate of drug-likeness (QED) is 0.862. The summed E-state index contributed by atoms with van der Waals surface area (Å²) >= 11 is 1.48. The van der Waals surface area contributed by atoms with Crippen molar-refractivity contribution in [3.63, 3.8) is 0 Å². The predicted molar refractivity (Wildman–Crippen MR) is 92.6 cm³/mol. The lowest BCUT2D eigenvalue weighted by molar-refractivity contribution is -0.121. The Morgan fingerprint density at radius 1 is 1.33 bits per heavy atom. The predicted octanol–water partition coefficient (Wildman–Crippen LogP) is 1.28. The molecule has 1 aliphatic heterocycles. The van der Waals surface area contributed by atoms with E-state index in [1.807, 2.05) is 35.7 Å². The van der Waals surface area contributed by atoms with Gasteiger partial charge in [-0.25, -0.2) is 13.4 Å². The molecule has 2 aromatic rings. The number of benzene rings is 1. The van der Waals surface area contributed by atoms with Crippen molar-refractivity contribution in [3.8, 4) is 10.6 Å². The largest absolute Gasteiger partial charge is 0.378 e. The van der Waals surface area contributed by atoms with E-state index in [0.717, 1.165) is 10.6 Å². The van der Waals surface area contributed by atoms with Gasteiger partial charge in [-0.1, -0.05) is 30.3 Å². The van der Waals surface area contributed by atoms with Crippen LogP contribution >= 0.6 is 11.3 Å². The molecule has 1 saturated heterocycles. The van der Waals surface area contributed by atoms with E-state index in [0.29, 0.717) is 5.69 Å². The van der Waals surface area contributed by atoms with Gasteiger partial charge >= 0.3 is 0 Å². The number of nitrogens with zero attached hydrogens (tertiary/aromatic N) is 1. The highest BCUT2D eigenvalue weighted by atomic mass is 32.2. The number of ether oxygens (including phenoxy) is 1. The Hall–Kier alpha value is -1.77. The van der Waals surface area contributed by atoms with Gasteiger partial charge in [0.2, 0.25) is 5.91 Å².